The average molecular weight is 355 g/mol. The van der Waals surface area contributed by atoms with Gasteiger partial charge in [-0.05, 0) is 34.5 Å². The van der Waals surface area contributed by atoms with Gasteiger partial charge in [0.2, 0.25) is 5.95 Å². The highest BCUT2D eigenvalue weighted by atomic mass is 79.9. The van der Waals surface area contributed by atoms with E-state index in [0.29, 0.717) is 21.9 Å². The summed E-state index contributed by atoms with van der Waals surface area (Å²) in [5.74, 6) is 0.856. The van der Waals surface area contributed by atoms with Crippen molar-refractivity contribution in [2.24, 2.45) is 0 Å². The fraction of sp³-hybridized carbons (Fsp3) is 0.286. The molecule has 0 radical (unpaired) electrons. The van der Waals surface area contributed by atoms with Gasteiger partial charge in [-0.3, -0.25) is 0 Å². The molecule has 0 aliphatic rings. The zero-order valence-electron chi connectivity index (χ0n) is 11.8. The standard InChI is InChI=1S/C14H16BrFN4O/c1-3-6-17-14-18-8-10(15)13(20-14)19-9-4-5-12(21-2)11(16)7-9/h4-5,7-8H,3,6H2,1-2H3,(H2,17,18,19,20). The van der Waals surface area contributed by atoms with Crippen molar-refractivity contribution in [3.63, 3.8) is 0 Å². The Morgan fingerprint density at radius 1 is 1.38 bits per heavy atom. The molecule has 0 saturated carbocycles. The van der Waals surface area contributed by atoms with E-state index >= 15 is 0 Å². The van der Waals surface area contributed by atoms with Crippen LogP contribution >= 0.6 is 15.9 Å². The third kappa shape index (κ3) is 4.04. The molecule has 0 aliphatic carbocycles. The van der Waals surface area contributed by atoms with Crippen molar-refractivity contribution in [3.8, 4) is 5.75 Å². The summed E-state index contributed by atoms with van der Waals surface area (Å²) in [4.78, 5) is 8.50. The van der Waals surface area contributed by atoms with E-state index in [1.807, 2.05) is 0 Å². The minimum Gasteiger partial charge on any atom is -0.494 e. The second kappa shape index (κ2) is 7.21. The summed E-state index contributed by atoms with van der Waals surface area (Å²) in [7, 11) is 1.43. The van der Waals surface area contributed by atoms with E-state index in [1.165, 1.54) is 13.2 Å². The number of rotatable bonds is 6. The maximum Gasteiger partial charge on any atom is 0.224 e. The van der Waals surface area contributed by atoms with Crippen LogP contribution in [0.4, 0.5) is 21.8 Å². The number of nitrogens with one attached hydrogen (secondary N) is 2. The van der Waals surface area contributed by atoms with Gasteiger partial charge in [-0.1, -0.05) is 6.92 Å². The first-order valence-corrected chi connectivity index (χ1v) is 7.30. The van der Waals surface area contributed by atoms with E-state index in [0.717, 1.165) is 13.0 Å². The van der Waals surface area contributed by atoms with E-state index in [2.05, 4.69) is 43.5 Å². The van der Waals surface area contributed by atoms with E-state index in [9.17, 15) is 4.39 Å². The molecule has 1 aromatic heterocycles. The number of methoxy groups -OCH3 is 1. The van der Waals surface area contributed by atoms with E-state index < -0.39 is 5.82 Å². The van der Waals surface area contributed by atoms with Crippen LogP contribution in [-0.4, -0.2) is 23.6 Å². The van der Waals surface area contributed by atoms with Gasteiger partial charge in [0.25, 0.3) is 0 Å². The third-order valence-corrected chi connectivity index (χ3v) is 3.27. The molecule has 21 heavy (non-hydrogen) atoms. The fourth-order valence-electron chi connectivity index (χ4n) is 1.66. The molecule has 0 aliphatic heterocycles. The lowest BCUT2D eigenvalue weighted by atomic mass is 10.3. The SMILES string of the molecule is CCCNc1ncc(Br)c(Nc2ccc(OC)c(F)c2)n1. The van der Waals surface area contributed by atoms with Crippen molar-refractivity contribution in [1.82, 2.24) is 9.97 Å². The normalized spacial score (nSPS) is 10.3. The first-order chi connectivity index (χ1) is 10.1. The summed E-state index contributed by atoms with van der Waals surface area (Å²) in [6, 6.07) is 4.63. The number of hydrogen-bond acceptors (Lipinski definition) is 5. The number of anilines is 3. The van der Waals surface area contributed by atoms with Gasteiger partial charge in [0.1, 0.15) is 5.82 Å². The summed E-state index contributed by atoms with van der Waals surface area (Å²) in [6.45, 7) is 2.85. The van der Waals surface area contributed by atoms with Crippen LogP contribution < -0.4 is 15.4 Å². The maximum absolute atomic E-state index is 13.7. The second-order valence-corrected chi connectivity index (χ2v) is 5.15. The molecule has 0 spiro atoms. The van der Waals surface area contributed by atoms with Crippen LogP contribution in [0.1, 0.15) is 13.3 Å². The largest absolute Gasteiger partial charge is 0.494 e. The number of halogens is 2. The van der Waals surface area contributed by atoms with Crippen molar-refractivity contribution in [1.29, 1.82) is 0 Å². The molecule has 0 saturated heterocycles. The lowest BCUT2D eigenvalue weighted by Gasteiger charge is -2.11. The van der Waals surface area contributed by atoms with Crippen molar-refractivity contribution in [3.05, 3.63) is 34.7 Å². The second-order valence-electron chi connectivity index (χ2n) is 4.29. The van der Waals surface area contributed by atoms with Gasteiger partial charge < -0.3 is 15.4 Å². The Morgan fingerprint density at radius 3 is 2.86 bits per heavy atom. The van der Waals surface area contributed by atoms with Crippen LogP contribution in [-0.2, 0) is 0 Å². The zero-order valence-corrected chi connectivity index (χ0v) is 13.4. The first-order valence-electron chi connectivity index (χ1n) is 6.51. The van der Waals surface area contributed by atoms with Gasteiger partial charge in [0.05, 0.1) is 11.6 Å². The van der Waals surface area contributed by atoms with Gasteiger partial charge in [0.15, 0.2) is 11.6 Å². The number of hydrogen-bond donors (Lipinski definition) is 2. The predicted octanol–water partition coefficient (Wildman–Crippen LogP) is 3.95. The Labute approximate surface area is 131 Å². The summed E-state index contributed by atoms with van der Waals surface area (Å²) in [5, 5.41) is 6.15. The monoisotopic (exact) mass is 354 g/mol. The Morgan fingerprint density at radius 2 is 2.19 bits per heavy atom. The van der Waals surface area contributed by atoms with Crippen molar-refractivity contribution in [2.75, 3.05) is 24.3 Å². The fourth-order valence-corrected chi connectivity index (χ4v) is 1.95. The maximum atomic E-state index is 13.7. The smallest absolute Gasteiger partial charge is 0.224 e. The minimum absolute atomic E-state index is 0.201. The molecular formula is C14H16BrFN4O. The molecule has 2 rings (SSSR count). The molecular weight excluding hydrogens is 339 g/mol. The van der Waals surface area contributed by atoms with Crippen LogP contribution in [0.2, 0.25) is 0 Å². The Bertz CT molecular complexity index is 624. The Hall–Kier alpha value is -1.89. The summed E-state index contributed by atoms with van der Waals surface area (Å²) in [6.07, 6.45) is 2.62. The Kier molecular flexibility index (Phi) is 5.32. The highest BCUT2D eigenvalue weighted by Gasteiger charge is 2.08. The van der Waals surface area contributed by atoms with Crippen LogP contribution in [0.25, 0.3) is 0 Å². The van der Waals surface area contributed by atoms with Crippen LogP contribution in [0.15, 0.2) is 28.9 Å². The molecule has 1 aromatic carbocycles. The molecule has 0 fully saturated rings. The van der Waals surface area contributed by atoms with Gasteiger partial charge in [0, 0.05) is 24.5 Å². The van der Waals surface area contributed by atoms with Crippen LogP contribution in [0, 0.1) is 5.82 Å². The van der Waals surface area contributed by atoms with E-state index in [4.69, 9.17) is 4.74 Å². The molecule has 0 bridgehead atoms. The Balaban J connectivity index is 2.20. The van der Waals surface area contributed by atoms with Crippen molar-refractivity contribution < 1.29 is 9.13 Å². The summed E-state index contributed by atoms with van der Waals surface area (Å²) >= 11 is 3.37. The summed E-state index contributed by atoms with van der Waals surface area (Å²) < 4.78 is 19.3. The molecule has 0 amide bonds. The minimum atomic E-state index is -0.433. The first kappa shape index (κ1) is 15.5. The van der Waals surface area contributed by atoms with Crippen molar-refractivity contribution >= 4 is 33.4 Å². The highest BCUT2D eigenvalue weighted by molar-refractivity contribution is 9.10. The number of nitrogens with zero attached hydrogens (tertiary/aromatic N) is 2. The van der Waals surface area contributed by atoms with Gasteiger partial charge in [-0.15, -0.1) is 0 Å². The lowest BCUT2D eigenvalue weighted by molar-refractivity contribution is 0.386. The molecule has 2 aromatic rings. The van der Waals surface area contributed by atoms with E-state index in [-0.39, 0.29) is 5.75 Å². The quantitative estimate of drug-likeness (QED) is 0.822. The predicted molar refractivity (Wildman–Crippen MR) is 84.7 cm³/mol. The molecule has 7 heteroatoms. The van der Waals surface area contributed by atoms with Crippen molar-refractivity contribution in [2.45, 2.75) is 13.3 Å². The van der Waals surface area contributed by atoms with Gasteiger partial charge in [-0.2, -0.15) is 4.98 Å². The van der Waals surface area contributed by atoms with E-state index in [1.54, 1.807) is 18.3 Å². The number of aromatic nitrogens is 2. The summed E-state index contributed by atoms with van der Waals surface area (Å²) in [5.41, 5.74) is 0.578. The lowest BCUT2D eigenvalue weighted by Crippen LogP contribution is -2.06. The molecule has 112 valence electrons. The number of benzene rings is 1. The highest BCUT2D eigenvalue weighted by Crippen LogP contribution is 2.27. The molecule has 2 N–H and O–H groups in total. The molecule has 1 heterocycles. The molecule has 0 unspecified atom stereocenters. The topological polar surface area (TPSA) is 59.1 Å². The molecule has 0 atom stereocenters. The third-order valence-electron chi connectivity index (χ3n) is 2.69. The van der Waals surface area contributed by atoms with Crippen LogP contribution in [0.5, 0.6) is 5.75 Å². The van der Waals surface area contributed by atoms with Crippen LogP contribution in [0.3, 0.4) is 0 Å². The van der Waals surface area contributed by atoms with Gasteiger partial charge in [-0.25, -0.2) is 9.37 Å². The van der Waals surface area contributed by atoms with Gasteiger partial charge >= 0.3 is 0 Å². The zero-order chi connectivity index (χ0) is 15.2. The average Bonchev–Trinajstić information content (AvgIpc) is 2.48. The number of ether oxygens (including phenoxy) is 1. The molecule has 5 nitrogen and oxygen atoms in total.